The Morgan fingerprint density at radius 3 is 2.43 bits per heavy atom. The van der Waals surface area contributed by atoms with Gasteiger partial charge in [-0.15, -0.1) is 24.0 Å². The van der Waals surface area contributed by atoms with Gasteiger partial charge in [0.1, 0.15) is 5.75 Å². The quantitative estimate of drug-likeness (QED) is 0.297. The summed E-state index contributed by atoms with van der Waals surface area (Å²) in [5.41, 5.74) is 8.29. The zero-order valence-electron chi connectivity index (χ0n) is 16.7. The molecule has 0 saturated heterocycles. The largest absolute Gasteiger partial charge is 0.495 e. The molecule has 0 bridgehead atoms. The Bertz CT molecular complexity index is 760. The van der Waals surface area contributed by atoms with Gasteiger partial charge in [0, 0.05) is 11.6 Å². The number of nitrogens with one attached hydrogen (secondary N) is 2. The standard InChI is InChI=1S/C22H30N4O.HI/c1-17(18-10-4-3-5-11-18)26-22(14-8-9-15-22)16-24-21(23)25-19-12-6-7-13-20(19)27-2;/h3-7,10-13,17,26H,8-9,14-16H2,1-2H3,(H3,23,24,25);1H. The molecule has 0 radical (unpaired) electrons. The second-order valence-corrected chi connectivity index (χ2v) is 7.29. The fourth-order valence-corrected chi connectivity index (χ4v) is 3.85. The third-order valence-corrected chi connectivity index (χ3v) is 5.30. The number of nitrogens with two attached hydrogens (primary N) is 1. The van der Waals surface area contributed by atoms with E-state index in [9.17, 15) is 0 Å². The Morgan fingerprint density at radius 2 is 1.75 bits per heavy atom. The number of methoxy groups -OCH3 is 1. The molecule has 1 aliphatic rings. The summed E-state index contributed by atoms with van der Waals surface area (Å²) in [6.45, 7) is 2.88. The smallest absolute Gasteiger partial charge is 0.193 e. The van der Waals surface area contributed by atoms with Crippen LogP contribution in [0.2, 0.25) is 0 Å². The number of para-hydroxylation sites is 2. The van der Waals surface area contributed by atoms with Crippen LogP contribution in [0.1, 0.15) is 44.2 Å². The minimum atomic E-state index is 0. The second-order valence-electron chi connectivity index (χ2n) is 7.29. The van der Waals surface area contributed by atoms with E-state index in [-0.39, 0.29) is 35.6 Å². The molecular weight excluding hydrogens is 463 g/mol. The summed E-state index contributed by atoms with van der Waals surface area (Å²) in [6, 6.07) is 18.5. The molecule has 1 aliphatic carbocycles. The monoisotopic (exact) mass is 494 g/mol. The van der Waals surface area contributed by atoms with E-state index in [1.807, 2.05) is 24.3 Å². The predicted octanol–water partition coefficient (Wildman–Crippen LogP) is 4.70. The van der Waals surface area contributed by atoms with Crippen molar-refractivity contribution in [3.63, 3.8) is 0 Å². The molecule has 2 aromatic carbocycles. The van der Waals surface area contributed by atoms with Crippen LogP contribution in [0.15, 0.2) is 59.6 Å². The van der Waals surface area contributed by atoms with Gasteiger partial charge < -0.3 is 21.1 Å². The van der Waals surface area contributed by atoms with Gasteiger partial charge in [-0.25, -0.2) is 0 Å². The molecule has 1 atom stereocenters. The third kappa shape index (κ3) is 5.85. The lowest BCUT2D eigenvalue weighted by Gasteiger charge is -2.33. The summed E-state index contributed by atoms with van der Waals surface area (Å²) < 4.78 is 5.36. The molecular formula is C22H31IN4O. The first-order valence-corrected chi connectivity index (χ1v) is 9.64. The molecule has 28 heavy (non-hydrogen) atoms. The number of ether oxygens (including phenoxy) is 1. The molecule has 1 unspecified atom stereocenters. The molecule has 0 heterocycles. The zero-order valence-corrected chi connectivity index (χ0v) is 19.0. The number of rotatable bonds is 7. The highest BCUT2D eigenvalue weighted by Crippen LogP contribution is 2.32. The maximum absolute atomic E-state index is 6.16. The van der Waals surface area contributed by atoms with Gasteiger partial charge in [-0.2, -0.15) is 0 Å². The van der Waals surface area contributed by atoms with Crippen molar-refractivity contribution in [2.75, 3.05) is 19.0 Å². The number of hydrogen-bond acceptors (Lipinski definition) is 3. The first-order valence-electron chi connectivity index (χ1n) is 9.64. The maximum atomic E-state index is 6.16. The minimum Gasteiger partial charge on any atom is -0.495 e. The van der Waals surface area contributed by atoms with Crippen molar-refractivity contribution in [3.8, 4) is 5.75 Å². The summed E-state index contributed by atoms with van der Waals surface area (Å²) in [4.78, 5) is 4.66. The number of halogens is 1. The molecule has 5 nitrogen and oxygen atoms in total. The number of guanidine groups is 1. The highest BCUT2D eigenvalue weighted by molar-refractivity contribution is 14.0. The number of nitrogens with zero attached hydrogens (tertiary/aromatic N) is 1. The van der Waals surface area contributed by atoms with Gasteiger partial charge in [-0.1, -0.05) is 55.3 Å². The van der Waals surface area contributed by atoms with E-state index < -0.39 is 0 Å². The molecule has 6 heteroatoms. The van der Waals surface area contributed by atoms with Crippen LogP contribution in [-0.4, -0.2) is 25.2 Å². The van der Waals surface area contributed by atoms with Crippen LogP contribution in [0, 0.1) is 0 Å². The van der Waals surface area contributed by atoms with Crippen LogP contribution in [0.25, 0.3) is 0 Å². The van der Waals surface area contributed by atoms with Crippen LogP contribution in [0.4, 0.5) is 5.69 Å². The Morgan fingerprint density at radius 1 is 1.11 bits per heavy atom. The SMILES string of the molecule is COc1ccccc1NC(N)=NCC1(NC(C)c2ccccc2)CCCC1.I. The first kappa shape index (κ1) is 22.5. The molecule has 3 rings (SSSR count). The summed E-state index contributed by atoms with van der Waals surface area (Å²) in [6.07, 6.45) is 4.69. The van der Waals surface area contributed by atoms with E-state index in [0.717, 1.165) is 24.3 Å². The Hall–Kier alpha value is -1.80. The van der Waals surface area contributed by atoms with Crippen molar-refractivity contribution in [2.45, 2.75) is 44.2 Å². The number of benzene rings is 2. The zero-order chi connectivity index (χ0) is 19.1. The van der Waals surface area contributed by atoms with E-state index in [4.69, 9.17) is 10.5 Å². The number of anilines is 1. The lowest BCUT2D eigenvalue weighted by Crippen LogP contribution is -2.47. The maximum Gasteiger partial charge on any atom is 0.193 e. The predicted molar refractivity (Wildman–Crippen MR) is 128 cm³/mol. The van der Waals surface area contributed by atoms with E-state index in [2.05, 4.69) is 52.9 Å². The van der Waals surface area contributed by atoms with Crippen molar-refractivity contribution in [3.05, 3.63) is 60.2 Å². The molecule has 0 spiro atoms. The topological polar surface area (TPSA) is 71.7 Å². The van der Waals surface area contributed by atoms with Crippen molar-refractivity contribution < 1.29 is 4.74 Å². The van der Waals surface area contributed by atoms with Crippen LogP contribution in [0.5, 0.6) is 5.75 Å². The fourth-order valence-electron chi connectivity index (χ4n) is 3.85. The molecule has 0 aliphatic heterocycles. The van der Waals surface area contributed by atoms with Crippen LogP contribution >= 0.6 is 24.0 Å². The Kier molecular flexibility index (Phi) is 8.57. The lowest BCUT2D eigenvalue weighted by molar-refractivity contribution is 0.308. The molecule has 2 aromatic rings. The van der Waals surface area contributed by atoms with Crippen molar-refractivity contribution in [2.24, 2.45) is 10.7 Å². The average Bonchev–Trinajstić information content (AvgIpc) is 3.16. The van der Waals surface area contributed by atoms with Crippen LogP contribution < -0.4 is 21.1 Å². The number of aliphatic imine (C=N–C) groups is 1. The van der Waals surface area contributed by atoms with Gasteiger partial charge in [0.05, 0.1) is 19.3 Å². The van der Waals surface area contributed by atoms with Crippen molar-refractivity contribution >= 4 is 35.6 Å². The Balaban J connectivity index is 0.00000280. The summed E-state index contributed by atoms with van der Waals surface area (Å²) in [5.74, 6) is 1.17. The summed E-state index contributed by atoms with van der Waals surface area (Å²) >= 11 is 0. The molecule has 1 fully saturated rings. The highest BCUT2D eigenvalue weighted by Gasteiger charge is 2.34. The second kappa shape index (κ2) is 10.7. The van der Waals surface area contributed by atoms with Gasteiger partial charge in [0.2, 0.25) is 0 Å². The Labute approximate surface area is 185 Å². The first-order chi connectivity index (χ1) is 13.1. The van der Waals surface area contributed by atoms with E-state index in [1.165, 1.54) is 18.4 Å². The minimum absolute atomic E-state index is 0. The van der Waals surface area contributed by atoms with Gasteiger partial charge in [0.25, 0.3) is 0 Å². The van der Waals surface area contributed by atoms with E-state index >= 15 is 0 Å². The molecule has 1 saturated carbocycles. The van der Waals surface area contributed by atoms with Gasteiger partial charge in [0.15, 0.2) is 5.96 Å². The third-order valence-electron chi connectivity index (χ3n) is 5.30. The summed E-state index contributed by atoms with van der Waals surface area (Å²) in [5, 5.41) is 7.00. The van der Waals surface area contributed by atoms with E-state index in [1.54, 1.807) is 7.11 Å². The molecule has 0 amide bonds. The van der Waals surface area contributed by atoms with Crippen molar-refractivity contribution in [1.82, 2.24) is 5.32 Å². The van der Waals surface area contributed by atoms with Crippen LogP contribution in [0.3, 0.4) is 0 Å². The van der Waals surface area contributed by atoms with Crippen molar-refractivity contribution in [1.29, 1.82) is 0 Å². The number of hydrogen-bond donors (Lipinski definition) is 3. The average molecular weight is 494 g/mol. The normalized spacial score (nSPS) is 16.9. The van der Waals surface area contributed by atoms with Gasteiger partial charge >= 0.3 is 0 Å². The van der Waals surface area contributed by atoms with Gasteiger partial charge in [-0.05, 0) is 37.5 Å². The van der Waals surface area contributed by atoms with Crippen LogP contribution in [-0.2, 0) is 0 Å². The fraction of sp³-hybridized carbons (Fsp3) is 0.409. The molecule has 152 valence electrons. The molecule has 4 N–H and O–H groups in total. The van der Waals surface area contributed by atoms with Gasteiger partial charge in [-0.3, -0.25) is 4.99 Å². The van der Waals surface area contributed by atoms with E-state index in [0.29, 0.717) is 12.5 Å². The lowest BCUT2D eigenvalue weighted by atomic mass is 9.95. The summed E-state index contributed by atoms with van der Waals surface area (Å²) in [7, 11) is 1.65. The highest BCUT2D eigenvalue weighted by atomic mass is 127. The molecule has 0 aromatic heterocycles.